The minimum absolute atomic E-state index is 0.127. The van der Waals surface area contributed by atoms with Gasteiger partial charge in [-0.05, 0) is 74.7 Å². The number of methoxy groups -OCH3 is 1. The van der Waals surface area contributed by atoms with Crippen molar-refractivity contribution >= 4 is 29.2 Å². The summed E-state index contributed by atoms with van der Waals surface area (Å²) in [7, 11) is 1.58. The summed E-state index contributed by atoms with van der Waals surface area (Å²) >= 11 is 0. The Morgan fingerprint density at radius 3 is 2.11 bits per heavy atom. The van der Waals surface area contributed by atoms with E-state index in [0.717, 1.165) is 24.2 Å². The molecule has 3 heterocycles. The Morgan fingerprint density at radius 1 is 0.868 bits per heavy atom. The van der Waals surface area contributed by atoms with E-state index in [2.05, 4.69) is 5.10 Å². The van der Waals surface area contributed by atoms with Crippen LogP contribution in [0.2, 0.25) is 0 Å². The molecule has 0 aliphatic carbocycles. The molecule has 0 unspecified atom stereocenters. The Morgan fingerprint density at radius 2 is 1.50 bits per heavy atom. The lowest BCUT2D eigenvalue weighted by molar-refractivity contribution is -0.119. The zero-order valence-electron chi connectivity index (χ0n) is 22.4. The average Bonchev–Trinajstić information content (AvgIpc) is 3.36. The predicted octanol–water partition coefficient (Wildman–Crippen LogP) is 4.80. The predicted molar refractivity (Wildman–Crippen MR) is 145 cm³/mol. The molecular formula is C29H34N4O5. The van der Waals surface area contributed by atoms with E-state index in [1.165, 1.54) is 4.68 Å². The van der Waals surface area contributed by atoms with Gasteiger partial charge in [0.05, 0.1) is 19.4 Å². The molecule has 0 atom stereocenters. The van der Waals surface area contributed by atoms with Gasteiger partial charge in [-0.3, -0.25) is 9.59 Å². The SMILES string of the molecule is CC.CCOC(=O)c1nn(-c2ccc(OC)cc2)c2c1CCN(c1ccc(N3CCCCC3=O)cc1)C2=O. The molecule has 5 rings (SSSR count). The van der Waals surface area contributed by atoms with E-state index in [-0.39, 0.29) is 24.1 Å². The van der Waals surface area contributed by atoms with E-state index in [4.69, 9.17) is 9.47 Å². The van der Waals surface area contributed by atoms with Crippen molar-refractivity contribution in [1.82, 2.24) is 9.78 Å². The maximum atomic E-state index is 13.8. The van der Waals surface area contributed by atoms with E-state index in [1.807, 2.05) is 38.1 Å². The maximum Gasteiger partial charge on any atom is 0.359 e. The Hall–Kier alpha value is -4.14. The molecule has 1 aromatic heterocycles. The van der Waals surface area contributed by atoms with Gasteiger partial charge in [0.2, 0.25) is 5.91 Å². The molecule has 0 saturated carbocycles. The van der Waals surface area contributed by atoms with Gasteiger partial charge in [-0.25, -0.2) is 9.48 Å². The monoisotopic (exact) mass is 518 g/mol. The lowest BCUT2D eigenvalue weighted by Gasteiger charge is -2.29. The molecule has 2 aliphatic rings. The summed E-state index contributed by atoms with van der Waals surface area (Å²) in [6.07, 6.45) is 2.93. The average molecular weight is 519 g/mol. The number of hydrogen-bond acceptors (Lipinski definition) is 6. The molecule has 3 aromatic rings. The summed E-state index contributed by atoms with van der Waals surface area (Å²) in [6.45, 7) is 7.06. The van der Waals surface area contributed by atoms with Crippen LogP contribution in [-0.4, -0.2) is 54.4 Å². The molecule has 0 bridgehead atoms. The first kappa shape index (κ1) is 26.9. The molecule has 9 nitrogen and oxygen atoms in total. The maximum absolute atomic E-state index is 13.8. The summed E-state index contributed by atoms with van der Waals surface area (Å²) in [5.74, 6) is 0.00271. The van der Waals surface area contributed by atoms with Crippen molar-refractivity contribution in [2.75, 3.05) is 36.6 Å². The normalized spacial score (nSPS) is 14.9. The fraction of sp³-hybridized carbons (Fsp3) is 0.379. The number of carbonyl (C=O) groups excluding carboxylic acids is 3. The fourth-order valence-electron chi connectivity index (χ4n) is 4.77. The number of aromatic nitrogens is 2. The molecule has 2 aliphatic heterocycles. The van der Waals surface area contributed by atoms with E-state index in [1.54, 1.807) is 48.1 Å². The van der Waals surface area contributed by atoms with E-state index >= 15 is 0 Å². The first-order valence-electron chi connectivity index (χ1n) is 13.2. The van der Waals surface area contributed by atoms with Crippen molar-refractivity contribution in [3.05, 3.63) is 65.5 Å². The van der Waals surface area contributed by atoms with Crippen molar-refractivity contribution in [2.45, 2.75) is 46.5 Å². The number of ether oxygens (including phenoxy) is 2. The Labute approximate surface area is 222 Å². The van der Waals surface area contributed by atoms with Crippen molar-refractivity contribution in [3.8, 4) is 11.4 Å². The summed E-state index contributed by atoms with van der Waals surface area (Å²) in [5.41, 5.74) is 3.28. The van der Waals surface area contributed by atoms with Crippen LogP contribution in [0.5, 0.6) is 5.75 Å². The molecule has 0 spiro atoms. The van der Waals surface area contributed by atoms with Crippen molar-refractivity contribution < 1.29 is 23.9 Å². The number of esters is 1. The van der Waals surface area contributed by atoms with Crippen molar-refractivity contribution in [2.24, 2.45) is 0 Å². The number of amides is 2. The van der Waals surface area contributed by atoms with Crippen LogP contribution >= 0.6 is 0 Å². The smallest absolute Gasteiger partial charge is 0.359 e. The summed E-state index contributed by atoms with van der Waals surface area (Å²) < 4.78 is 12.0. The van der Waals surface area contributed by atoms with E-state index in [0.29, 0.717) is 48.6 Å². The standard InChI is InChI=1S/C27H28N4O5.C2H6/c1-3-36-27(34)24-22-15-17-30(19-9-7-18(8-10-19)29-16-5-4-6-23(29)32)26(33)25(22)31(28-24)20-11-13-21(35-2)14-12-20;1-2/h7-14H,3-6,15-17H2,1-2H3;1-2H3. The minimum Gasteiger partial charge on any atom is -0.497 e. The topological polar surface area (TPSA) is 94.0 Å². The molecule has 9 heteroatoms. The highest BCUT2D eigenvalue weighted by molar-refractivity contribution is 6.09. The summed E-state index contributed by atoms with van der Waals surface area (Å²) in [4.78, 5) is 42.2. The van der Waals surface area contributed by atoms with Crippen LogP contribution in [0.4, 0.5) is 11.4 Å². The van der Waals surface area contributed by atoms with Crippen LogP contribution < -0.4 is 14.5 Å². The van der Waals surface area contributed by atoms with Crippen LogP contribution in [0.25, 0.3) is 5.69 Å². The van der Waals surface area contributed by atoms with Crippen molar-refractivity contribution in [3.63, 3.8) is 0 Å². The summed E-state index contributed by atoms with van der Waals surface area (Å²) in [6, 6.07) is 14.6. The van der Waals surface area contributed by atoms with Crippen LogP contribution in [-0.2, 0) is 16.0 Å². The van der Waals surface area contributed by atoms with Gasteiger partial charge in [-0.2, -0.15) is 5.10 Å². The third kappa shape index (κ3) is 5.14. The van der Waals surface area contributed by atoms with Crippen molar-refractivity contribution in [1.29, 1.82) is 0 Å². The third-order valence-electron chi connectivity index (χ3n) is 6.60. The van der Waals surface area contributed by atoms with Gasteiger partial charge in [0.25, 0.3) is 5.91 Å². The van der Waals surface area contributed by atoms with Gasteiger partial charge >= 0.3 is 5.97 Å². The number of fused-ring (bicyclic) bond motifs is 1. The largest absolute Gasteiger partial charge is 0.497 e. The lowest BCUT2D eigenvalue weighted by atomic mass is 10.0. The second-order valence-electron chi connectivity index (χ2n) is 8.73. The first-order chi connectivity index (χ1) is 18.5. The second kappa shape index (κ2) is 11.9. The highest BCUT2D eigenvalue weighted by atomic mass is 16.5. The highest BCUT2D eigenvalue weighted by Crippen LogP contribution is 2.31. The molecule has 1 fully saturated rings. The van der Waals surface area contributed by atoms with Gasteiger partial charge < -0.3 is 19.3 Å². The zero-order valence-corrected chi connectivity index (χ0v) is 22.4. The molecule has 2 aromatic carbocycles. The molecule has 0 N–H and O–H groups in total. The number of nitrogens with zero attached hydrogens (tertiary/aromatic N) is 4. The number of benzene rings is 2. The van der Waals surface area contributed by atoms with Crippen LogP contribution in [0.3, 0.4) is 0 Å². The molecule has 0 radical (unpaired) electrons. The molecule has 200 valence electrons. The fourth-order valence-corrected chi connectivity index (χ4v) is 4.77. The number of carbonyl (C=O) groups is 3. The zero-order chi connectivity index (χ0) is 27.2. The van der Waals surface area contributed by atoms with Crippen LogP contribution in [0, 0.1) is 0 Å². The Bertz CT molecular complexity index is 1300. The van der Waals surface area contributed by atoms with Gasteiger partial charge in [-0.15, -0.1) is 0 Å². The molecule has 2 amide bonds. The highest BCUT2D eigenvalue weighted by Gasteiger charge is 2.35. The minimum atomic E-state index is -0.544. The van der Waals surface area contributed by atoms with E-state index < -0.39 is 5.97 Å². The Balaban J connectivity index is 0.00000164. The number of piperidine rings is 1. The molecule has 1 saturated heterocycles. The number of rotatable bonds is 6. The number of anilines is 2. The lowest BCUT2D eigenvalue weighted by Crippen LogP contribution is -2.39. The van der Waals surface area contributed by atoms with Gasteiger partial charge in [0, 0.05) is 36.4 Å². The van der Waals surface area contributed by atoms with E-state index in [9.17, 15) is 14.4 Å². The first-order valence-corrected chi connectivity index (χ1v) is 13.2. The summed E-state index contributed by atoms with van der Waals surface area (Å²) in [5, 5.41) is 4.51. The quantitative estimate of drug-likeness (QED) is 0.435. The van der Waals surface area contributed by atoms with Crippen LogP contribution in [0.1, 0.15) is 66.6 Å². The van der Waals surface area contributed by atoms with Crippen LogP contribution in [0.15, 0.2) is 48.5 Å². The molecular weight excluding hydrogens is 484 g/mol. The van der Waals surface area contributed by atoms with Gasteiger partial charge in [0.1, 0.15) is 11.4 Å². The molecule has 38 heavy (non-hydrogen) atoms. The number of hydrogen-bond donors (Lipinski definition) is 0. The Kier molecular flexibility index (Phi) is 8.45. The van der Waals surface area contributed by atoms with Gasteiger partial charge in [0.15, 0.2) is 5.69 Å². The van der Waals surface area contributed by atoms with Gasteiger partial charge in [-0.1, -0.05) is 13.8 Å². The second-order valence-corrected chi connectivity index (χ2v) is 8.73. The third-order valence-corrected chi connectivity index (χ3v) is 6.60.